The minimum absolute atomic E-state index is 0.0312. The van der Waals surface area contributed by atoms with E-state index in [0.29, 0.717) is 19.0 Å². The van der Waals surface area contributed by atoms with Crippen molar-refractivity contribution in [1.82, 2.24) is 15.1 Å². The molecule has 2 amide bonds. The van der Waals surface area contributed by atoms with E-state index in [2.05, 4.69) is 35.4 Å². The first-order chi connectivity index (χ1) is 12.8. The number of nitrogens with zero attached hydrogens (tertiary/aromatic N) is 2. The molecule has 0 saturated carbocycles. The zero-order valence-electron chi connectivity index (χ0n) is 16.3. The Balaban J connectivity index is 1.54. The quantitative estimate of drug-likeness (QED) is 0.876. The molecule has 2 N–H and O–H groups in total. The van der Waals surface area contributed by atoms with Gasteiger partial charge in [0.05, 0.1) is 11.6 Å². The summed E-state index contributed by atoms with van der Waals surface area (Å²) in [6, 6.07) is 4.08. The molecular weight excluding hydrogens is 340 g/mol. The van der Waals surface area contributed by atoms with E-state index in [-0.39, 0.29) is 18.2 Å². The number of benzene rings is 1. The SMILES string of the molecule is Cc1cc(C)c2c(c1)[C@H](CC(=O)N1CCc3[nH]nc(C(C)C)c3C1)C(=O)N2. The molecular formula is C21H26N4O2. The standard InChI is InChI=1S/C21H26N4O2/c1-11(2)19-16-10-25(6-5-17(16)23-24-19)18(26)9-15-14-8-12(3)7-13(4)20(14)22-21(15)27/h7-8,11,15H,5-6,9-10H2,1-4H3,(H,22,27)(H,23,24)/t15-/m0/s1. The van der Waals surface area contributed by atoms with E-state index in [9.17, 15) is 9.59 Å². The molecule has 142 valence electrons. The van der Waals surface area contributed by atoms with Gasteiger partial charge in [-0.15, -0.1) is 0 Å². The van der Waals surface area contributed by atoms with Crippen LogP contribution in [-0.2, 0) is 22.6 Å². The predicted octanol–water partition coefficient (Wildman–Crippen LogP) is 3.16. The van der Waals surface area contributed by atoms with E-state index in [4.69, 9.17) is 0 Å². The van der Waals surface area contributed by atoms with Crippen LogP contribution in [0.3, 0.4) is 0 Å². The summed E-state index contributed by atoms with van der Waals surface area (Å²) < 4.78 is 0. The van der Waals surface area contributed by atoms with Gasteiger partial charge in [-0.1, -0.05) is 31.5 Å². The summed E-state index contributed by atoms with van der Waals surface area (Å²) in [6.07, 6.45) is 0.998. The fourth-order valence-electron chi connectivity index (χ4n) is 4.31. The highest BCUT2D eigenvalue weighted by Gasteiger charge is 2.35. The van der Waals surface area contributed by atoms with E-state index in [0.717, 1.165) is 45.7 Å². The van der Waals surface area contributed by atoms with Crippen LogP contribution in [0.25, 0.3) is 0 Å². The molecule has 4 rings (SSSR count). The van der Waals surface area contributed by atoms with Crippen molar-refractivity contribution in [1.29, 1.82) is 0 Å². The van der Waals surface area contributed by atoms with E-state index in [1.54, 1.807) is 0 Å². The van der Waals surface area contributed by atoms with Crippen LogP contribution < -0.4 is 5.32 Å². The third-order valence-corrected chi connectivity index (χ3v) is 5.69. The number of amides is 2. The van der Waals surface area contributed by atoms with Gasteiger partial charge < -0.3 is 10.2 Å². The number of rotatable bonds is 3. The van der Waals surface area contributed by atoms with Gasteiger partial charge in [0.1, 0.15) is 0 Å². The molecule has 1 aromatic heterocycles. The lowest BCUT2D eigenvalue weighted by atomic mass is 9.93. The first-order valence-corrected chi connectivity index (χ1v) is 9.61. The third kappa shape index (κ3) is 3.03. The maximum absolute atomic E-state index is 13.0. The van der Waals surface area contributed by atoms with Crippen molar-refractivity contribution >= 4 is 17.5 Å². The maximum atomic E-state index is 13.0. The molecule has 27 heavy (non-hydrogen) atoms. The Bertz CT molecular complexity index is 929. The number of fused-ring (bicyclic) bond motifs is 2. The highest BCUT2D eigenvalue weighted by molar-refractivity contribution is 6.05. The Morgan fingerprint density at radius 3 is 2.85 bits per heavy atom. The molecule has 1 atom stereocenters. The number of carbonyl (C=O) groups is 2. The molecule has 0 radical (unpaired) electrons. The van der Waals surface area contributed by atoms with Crippen molar-refractivity contribution in [3.63, 3.8) is 0 Å². The van der Waals surface area contributed by atoms with Crippen molar-refractivity contribution in [2.75, 3.05) is 11.9 Å². The van der Waals surface area contributed by atoms with E-state index in [1.807, 2.05) is 24.8 Å². The molecule has 0 fully saturated rings. The highest BCUT2D eigenvalue weighted by atomic mass is 16.2. The van der Waals surface area contributed by atoms with Crippen molar-refractivity contribution in [3.05, 3.63) is 45.8 Å². The Labute approximate surface area is 159 Å². The second-order valence-electron chi connectivity index (χ2n) is 8.08. The summed E-state index contributed by atoms with van der Waals surface area (Å²) in [5.74, 6) is -0.125. The van der Waals surface area contributed by atoms with Gasteiger partial charge in [0.2, 0.25) is 11.8 Å². The van der Waals surface area contributed by atoms with Crippen LogP contribution in [0.1, 0.15) is 65.7 Å². The second kappa shape index (κ2) is 6.51. The van der Waals surface area contributed by atoms with E-state index >= 15 is 0 Å². The number of aromatic amines is 1. The molecule has 0 bridgehead atoms. The lowest BCUT2D eigenvalue weighted by Gasteiger charge is -2.28. The monoisotopic (exact) mass is 366 g/mol. The molecule has 3 heterocycles. The summed E-state index contributed by atoms with van der Waals surface area (Å²) in [4.78, 5) is 27.4. The third-order valence-electron chi connectivity index (χ3n) is 5.69. The number of nitrogens with one attached hydrogen (secondary N) is 2. The minimum Gasteiger partial charge on any atom is -0.338 e. The van der Waals surface area contributed by atoms with Crippen molar-refractivity contribution < 1.29 is 9.59 Å². The summed E-state index contributed by atoms with van der Waals surface area (Å²) in [5, 5.41) is 10.5. The molecule has 0 spiro atoms. The van der Waals surface area contributed by atoms with Gasteiger partial charge in [-0.3, -0.25) is 14.7 Å². The first-order valence-electron chi connectivity index (χ1n) is 9.61. The zero-order chi connectivity index (χ0) is 19.3. The predicted molar refractivity (Wildman–Crippen MR) is 104 cm³/mol. The largest absolute Gasteiger partial charge is 0.338 e. The molecule has 2 aromatic rings. The fraction of sp³-hybridized carbons (Fsp3) is 0.476. The van der Waals surface area contributed by atoms with Crippen molar-refractivity contribution in [3.8, 4) is 0 Å². The van der Waals surface area contributed by atoms with Gasteiger partial charge in [-0.05, 0) is 30.9 Å². The van der Waals surface area contributed by atoms with E-state index in [1.165, 1.54) is 0 Å². The maximum Gasteiger partial charge on any atom is 0.232 e. The number of H-pyrrole nitrogens is 1. The first kappa shape index (κ1) is 17.8. The molecule has 0 unspecified atom stereocenters. The van der Waals surface area contributed by atoms with Gasteiger partial charge in [-0.25, -0.2) is 0 Å². The Morgan fingerprint density at radius 1 is 1.33 bits per heavy atom. The molecule has 6 nitrogen and oxygen atoms in total. The summed E-state index contributed by atoms with van der Waals surface area (Å²) in [7, 11) is 0. The number of aryl methyl sites for hydroxylation is 2. The van der Waals surface area contributed by atoms with Gasteiger partial charge >= 0.3 is 0 Å². The normalized spacial score (nSPS) is 18.5. The lowest BCUT2D eigenvalue weighted by molar-refractivity contribution is -0.134. The summed E-state index contributed by atoms with van der Waals surface area (Å²) in [5.41, 5.74) is 7.32. The van der Waals surface area contributed by atoms with Crippen LogP contribution in [0, 0.1) is 13.8 Å². The fourth-order valence-corrected chi connectivity index (χ4v) is 4.31. The van der Waals surface area contributed by atoms with Gasteiger partial charge in [-0.2, -0.15) is 5.10 Å². The van der Waals surface area contributed by atoms with Crippen LogP contribution in [0.15, 0.2) is 12.1 Å². The number of hydrogen-bond donors (Lipinski definition) is 2. The van der Waals surface area contributed by atoms with E-state index < -0.39 is 5.92 Å². The van der Waals surface area contributed by atoms with Gasteiger partial charge in [0.25, 0.3) is 0 Å². The molecule has 0 aliphatic carbocycles. The summed E-state index contributed by atoms with van der Waals surface area (Å²) >= 11 is 0. The average molecular weight is 366 g/mol. The Hall–Kier alpha value is -2.63. The molecule has 0 saturated heterocycles. The number of anilines is 1. The van der Waals surface area contributed by atoms with Crippen LogP contribution in [0.4, 0.5) is 5.69 Å². The molecule has 2 aliphatic rings. The highest BCUT2D eigenvalue weighted by Crippen LogP contribution is 2.38. The van der Waals surface area contributed by atoms with Crippen molar-refractivity contribution in [2.24, 2.45) is 0 Å². The average Bonchev–Trinajstić information content (AvgIpc) is 3.17. The van der Waals surface area contributed by atoms with Crippen LogP contribution in [-0.4, -0.2) is 33.5 Å². The van der Waals surface area contributed by atoms with Crippen molar-refractivity contribution in [2.45, 2.75) is 58.9 Å². The second-order valence-corrected chi connectivity index (χ2v) is 8.08. The van der Waals surface area contributed by atoms with Crippen LogP contribution in [0.2, 0.25) is 0 Å². The van der Waals surface area contributed by atoms with Crippen LogP contribution >= 0.6 is 0 Å². The number of hydrogen-bond acceptors (Lipinski definition) is 3. The topological polar surface area (TPSA) is 78.1 Å². The molecule has 1 aromatic carbocycles. The number of carbonyl (C=O) groups excluding carboxylic acids is 2. The Kier molecular flexibility index (Phi) is 4.29. The lowest BCUT2D eigenvalue weighted by Crippen LogP contribution is -2.37. The smallest absolute Gasteiger partial charge is 0.232 e. The number of aromatic nitrogens is 2. The molecule has 6 heteroatoms. The summed E-state index contributed by atoms with van der Waals surface area (Å²) in [6.45, 7) is 9.48. The zero-order valence-corrected chi connectivity index (χ0v) is 16.3. The Morgan fingerprint density at radius 2 is 2.11 bits per heavy atom. The van der Waals surface area contributed by atoms with Gasteiger partial charge in [0, 0.05) is 42.9 Å². The van der Waals surface area contributed by atoms with Crippen LogP contribution in [0.5, 0.6) is 0 Å². The minimum atomic E-state index is -0.401. The van der Waals surface area contributed by atoms with Gasteiger partial charge in [0.15, 0.2) is 0 Å². The molecule has 2 aliphatic heterocycles.